The van der Waals surface area contributed by atoms with Gasteiger partial charge in [-0.05, 0) is 42.8 Å². The van der Waals surface area contributed by atoms with Crippen molar-refractivity contribution in [2.45, 2.75) is 16.8 Å². The Labute approximate surface area is 105 Å². The standard InChI is InChI=1S/C13H14N2OS/c1-9-7-11(4-5-12(9)16-2)17-13-6-3-10(14)8-15-13/h3-8H,14H2,1-2H3. The molecule has 0 atom stereocenters. The van der Waals surface area contributed by atoms with Gasteiger partial charge >= 0.3 is 0 Å². The Kier molecular flexibility index (Phi) is 3.54. The van der Waals surface area contributed by atoms with Gasteiger partial charge < -0.3 is 10.5 Å². The number of pyridine rings is 1. The van der Waals surface area contributed by atoms with E-state index in [4.69, 9.17) is 10.5 Å². The number of nitrogens with two attached hydrogens (primary N) is 1. The number of nitrogens with zero attached hydrogens (tertiary/aromatic N) is 1. The van der Waals surface area contributed by atoms with Crippen molar-refractivity contribution < 1.29 is 4.74 Å². The molecule has 1 heterocycles. The first-order valence-corrected chi connectivity index (χ1v) is 6.04. The summed E-state index contributed by atoms with van der Waals surface area (Å²) in [6, 6.07) is 9.84. The molecule has 88 valence electrons. The third-order valence-electron chi connectivity index (χ3n) is 2.35. The van der Waals surface area contributed by atoms with Crippen LogP contribution >= 0.6 is 11.8 Å². The molecule has 0 saturated heterocycles. The predicted molar refractivity (Wildman–Crippen MR) is 70.5 cm³/mol. The molecule has 4 heteroatoms. The zero-order valence-electron chi connectivity index (χ0n) is 9.81. The lowest BCUT2D eigenvalue weighted by Crippen LogP contribution is -1.88. The highest BCUT2D eigenvalue weighted by Gasteiger charge is 2.02. The van der Waals surface area contributed by atoms with Crippen LogP contribution in [0.5, 0.6) is 5.75 Å². The number of hydrogen-bond acceptors (Lipinski definition) is 4. The molecule has 0 saturated carbocycles. The average molecular weight is 246 g/mol. The highest BCUT2D eigenvalue weighted by molar-refractivity contribution is 7.99. The van der Waals surface area contributed by atoms with Gasteiger partial charge in [0.25, 0.3) is 0 Å². The summed E-state index contributed by atoms with van der Waals surface area (Å²) in [6.07, 6.45) is 1.67. The zero-order chi connectivity index (χ0) is 12.3. The number of nitrogen functional groups attached to an aromatic ring is 1. The molecule has 0 radical (unpaired) electrons. The minimum atomic E-state index is 0.681. The summed E-state index contributed by atoms with van der Waals surface area (Å²) < 4.78 is 5.22. The molecule has 2 rings (SSSR count). The van der Waals surface area contributed by atoms with Crippen LogP contribution in [0, 0.1) is 6.92 Å². The molecule has 3 nitrogen and oxygen atoms in total. The molecule has 17 heavy (non-hydrogen) atoms. The van der Waals surface area contributed by atoms with Crippen molar-refractivity contribution in [3.8, 4) is 5.75 Å². The summed E-state index contributed by atoms with van der Waals surface area (Å²) in [6.45, 7) is 2.03. The van der Waals surface area contributed by atoms with Crippen molar-refractivity contribution >= 4 is 17.4 Å². The normalized spacial score (nSPS) is 10.2. The fourth-order valence-electron chi connectivity index (χ4n) is 1.49. The SMILES string of the molecule is COc1ccc(Sc2ccc(N)cn2)cc1C. The van der Waals surface area contributed by atoms with Crippen LogP contribution in [0.1, 0.15) is 5.56 Å². The molecule has 2 N–H and O–H groups in total. The number of methoxy groups -OCH3 is 1. The lowest BCUT2D eigenvalue weighted by atomic mass is 10.2. The van der Waals surface area contributed by atoms with E-state index in [0.29, 0.717) is 5.69 Å². The minimum Gasteiger partial charge on any atom is -0.496 e. The average Bonchev–Trinajstić information content (AvgIpc) is 2.32. The predicted octanol–water partition coefficient (Wildman–Crippen LogP) is 3.13. The second kappa shape index (κ2) is 5.10. The van der Waals surface area contributed by atoms with Crippen molar-refractivity contribution in [3.05, 3.63) is 42.1 Å². The monoisotopic (exact) mass is 246 g/mol. The van der Waals surface area contributed by atoms with E-state index < -0.39 is 0 Å². The van der Waals surface area contributed by atoms with Gasteiger partial charge in [0.15, 0.2) is 0 Å². The van der Waals surface area contributed by atoms with Crippen LogP contribution in [-0.4, -0.2) is 12.1 Å². The van der Waals surface area contributed by atoms with Gasteiger partial charge in [0.05, 0.1) is 19.0 Å². The van der Waals surface area contributed by atoms with Gasteiger partial charge in [-0.1, -0.05) is 11.8 Å². The zero-order valence-corrected chi connectivity index (χ0v) is 10.6. The maximum absolute atomic E-state index is 5.59. The molecule has 0 aliphatic carbocycles. The molecule has 0 amide bonds. The molecule has 0 aliphatic rings. The Morgan fingerprint density at radius 1 is 1.24 bits per heavy atom. The topological polar surface area (TPSA) is 48.1 Å². The van der Waals surface area contributed by atoms with E-state index in [2.05, 4.69) is 11.1 Å². The largest absolute Gasteiger partial charge is 0.496 e. The number of hydrogen-bond donors (Lipinski definition) is 1. The molecule has 0 spiro atoms. The Morgan fingerprint density at radius 3 is 2.65 bits per heavy atom. The van der Waals surface area contributed by atoms with Crippen LogP contribution in [-0.2, 0) is 0 Å². The van der Waals surface area contributed by atoms with Crippen molar-refractivity contribution in [3.63, 3.8) is 0 Å². The Balaban J connectivity index is 2.19. The van der Waals surface area contributed by atoms with Crippen LogP contribution in [0.4, 0.5) is 5.69 Å². The van der Waals surface area contributed by atoms with Crippen molar-refractivity contribution in [1.82, 2.24) is 4.98 Å². The van der Waals surface area contributed by atoms with Gasteiger partial charge in [0, 0.05) is 4.90 Å². The van der Waals surface area contributed by atoms with Gasteiger partial charge in [-0.15, -0.1) is 0 Å². The summed E-state index contributed by atoms with van der Waals surface area (Å²) in [5.41, 5.74) is 7.39. The first-order valence-electron chi connectivity index (χ1n) is 5.23. The van der Waals surface area contributed by atoms with Gasteiger partial charge in [0.2, 0.25) is 0 Å². The van der Waals surface area contributed by atoms with E-state index in [1.165, 1.54) is 0 Å². The molecular formula is C13H14N2OS. The quantitative estimate of drug-likeness (QED) is 0.904. The molecule has 0 unspecified atom stereocenters. The summed E-state index contributed by atoms with van der Waals surface area (Å²) in [4.78, 5) is 5.39. The fourth-order valence-corrected chi connectivity index (χ4v) is 2.34. The minimum absolute atomic E-state index is 0.681. The summed E-state index contributed by atoms with van der Waals surface area (Å²) in [7, 11) is 1.68. The number of benzene rings is 1. The highest BCUT2D eigenvalue weighted by atomic mass is 32.2. The Morgan fingerprint density at radius 2 is 2.06 bits per heavy atom. The Bertz CT molecular complexity index is 511. The molecule has 1 aromatic carbocycles. The molecule has 2 aromatic rings. The molecule has 0 fully saturated rings. The number of aromatic nitrogens is 1. The first kappa shape index (κ1) is 11.8. The van der Waals surface area contributed by atoms with Gasteiger partial charge in [0.1, 0.15) is 10.8 Å². The molecular weight excluding hydrogens is 232 g/mol. The van der Waals surface area contributed by atoms with E-state index in [1.807, 2.05) is 31.2 Å². The number of ether oxygens (including phenoxy) is 1. The van der Waals surface area contributed by atoms with Crippen LogP contribution < -0.4 is 10.5 Å². The van der Waals surface area contributed by atoms with Gasteiger partial charge in [-0.3, -0.25) is 0 Å². The number of rotatable bonds is 3. The highest BCUT2D eigenvalue weighted by Crippen LogP contribution is 2.29. The van der Waals surface area contributed by atoms with Crippen LogP contribution in [0.3, 0.4) is 0 Å². The fraction of sp³-hybridized carbons (Fsp3) is 0.154. The summed E-state index contributed by atoms with van der Waals surface area (Å²) in [5, 5.41) is 0.934. The number of aryl methyl sites for hydroxylation is 1. The van der Waals surface area contributed by atoms with Crippen molar-refractivity contribution in [1.29, 1.82) is 0 Å². The lowest BCUT2D eigenvalue weighted by Gasteiger charge is -2.06. The maximum atomic E-state index is 5.59. The molecule has 1 aromatic heterocycles. The lowest BCUT2D eigenvalue weighted by molar-refractivity contribution is 0.411. The van der Waals surface area contributed by atoms with E-state index >= 15 is 0 Å². The van der Waals surface area contributed by atoms with E-state index in [-0.39, 0.29) is 0 Å². The number of anilines is 1. The van der Waals surface area contributed by atoms with Crippen LogP contribution in [0.2, 0.25) is 0 Å². The van der Waals surface area contributed by atoms with Crippen LogP contribution in [0.15, 0.2) is 46.5 Å². The van der Waals surface area contributed by atoms with E-state index in [9.17, 15) is 0 Å². The van der Waals surface area contributed by atoms with Crippen LogP contribution in [0.25, 0.3) is 0 Å². The van der Waals surface area contributed by atoms with E-state index in [1.54, 1.807) is 25.1 Å². The molecule has 0 bridgehead atoms. The van der Waals surface area contributed by atoms with Gasteiger partial charge in [-0.2, -0.15) is 0 Å². The van der Waals surface area contributed by atoms with Crippen molar-refractivity contribution in [2.75, 3.05) is 12.8 Å². The third kappa shape index (κ3) is 2.91. The maximum Gasteiger partial charge on any atom is 0.121 e. The first-order chi connectivity index (χ1) is 8.19. The van der Waals surface area contributed by atoms with E-state index in [0.717, 1.165) is 21.2 Å². The smallest absolute Gasteiger partial charge is 0.121 e. The second-order valence-electron chi connectivity index (χ2n) is 3.66. The van der Waals surface area contributed by atoms with Gasteiger partial charge in [-0.25, -0.2) is 4.98 Å². The summed E-state index contributed by atoms with van der Waals surface area (Å²) >= 11 is 1.61. The molecule has 0 aliphatic heterocycles. The van der Waals surface area contributed by atoms with Crippen molar-refractivity contribution in [2.24, 2.45) is 0 Å². The third-order valence-corrected chi connectivity index (χ3v) is 3.29. The second-order valence-corrected chi connectivity index (χ2v) is 4.76. The Hall–Kier alpha value is -1.68. The summed E-state index contributed by atoms with van der Waals surface area (Å²) in [5.74, 6) is 0.902.